The molecule has 150 valence electrons. The minimum Gasteiger partial charge on any atom is -0.497 e. The van der Waals surface area contributed by atoms with Crippen molar-refractivity contribution in [2.24, 2.45) is 4.99 Å². The van der Waals surface area contributed by atoms with Gasteiger partial charge in [-0.2, -0.15) is 8.78 Å². The molecule has 27 heavy (non-hydrogen) atoms. The summed E-state index contributed by atoms with van der Waals surface area (Å²) in [5, 5.41) is 5.92. The summed E-state index contributed by atoms with van der Waals surface area (Å²) < 4.78 is 34.9. The Balaban J connectivity index is 2.97. The van der Waals surface area contributed by atoms with E-state index in [9.17, 15) is 13.6 Å². The van der Waals surface area contributed by atoms with E-state index in [1.54, 1.807) is 20.2 Å². The molecule has 9 heteroatoms. The molecule has 0 atom stereocenters. The van der Waals surface area contributed by atoms with Crippen LogP contribution in [0.2, 0.25) is 0 Å². The van der Waals surface area contributed by atoms with E-state index in [1.165, 1.54) is 24.1 Å². The van der Waals surface area contributed by atoms with Gasteiger partial charge in [-0.1, -0.05) is 12.2 Å². The Morgan fingerprint density at radius 3 is 2.52 bits per heavy atom. The van der Waals surface area contributed by atoms with E-state index < -0.39 is 6.61 Å². The lowest BCUT2D eigenvalue weighted by Gasteiger charge is -2.16. The molecule has 0 radical (unpaired) electrons. The van der Waals surface area contributed by atoms with Crippen LogP contribution in [0.4, 0.5) is 8.78 Å². The van der Waals surface area contributed by atoms with Crippen molar-refractivity contribution < 1.29 is 23.0 Å². The number of methoxy groups -OCH3 is 1. The van der Waals surface area contributed by atoms with Gasteiger partial charge in [0.15, 0.2) is 5.96 Å². The molecule has 0 bridgehead atoms. The molecule has 0 saturated heterocycles. The number of nitrogens with zero attached hydrogens (tertiary/aromatic N) is 2. The first-order chi connectivity index (χ1) is 12.7. The van der Waals surface area contributed by atoms with Crippen LogP contribution in [0, 0.1) is 0 Å². The number of ether oxygens (including phenoxy) is 2. The van der Waals surface area contributed by atoms with Crippen molar-refractivity contribution in [2.45, 2.75) is 20.1 Å². The van der Waals surface area contributed by atoms with Gasteiger partial charge in [-0.15, -0.1) is 0 Å². The molecule has 0 unspecified atom stereocenters. The normalized spacial score (nSPS) is 11.1. The number of aliphatic imine (C=N–C) groups is 1. The highest BCUT2D eigenvalue weighted by molar-refractivity contribution is 5.86. The van der Waals surface area contributed by atoms with Crippen LogP contribution in [-0.4, -0.2) is 57.7 Å². The Labute approximate surface area is 158 Å². The van der Waals surface area contributed by atoms with Crippen LogP contribution in [0.3, 0.4) is 0 Å². The van der Waals surface area contributed by atoms with E-state index in [4.69, 9.17) is 4.74 Å². The summed E-state index contributed by atoms with van der Waals surface area (Å²) in [7, 11) is 4.77. The molecular weight excluding hydrogens is 358 g/mol. The van der Waals surface area contributed by atoms with Gasteiger partial charge in [0.1, 0.15) is 11.5 Å². The fourth-order valence-corrected chi connectivity index (χ4v) is 1.91. The molecule has 0 aliphatic heterocycles. The quantitative estimate of drug-likeness (QED) is 0.387. The third-order valence-corrected chi connectivity index (χ3v) is 3.35. The molecule has 0 aliphatic rings. The van der Waals surface area contributed by atoms with E-state index in [1.807, 2.05) is 6.92 Å². The molecule has 0 saturated carbocycles. The summed E-state index contributed by atoms with van der Waals surface area (Å²) in [4.78, 5) is 17.5. The maximum Gasteiger partial charge on any atom is 0.387 e. The van der Waals surface area contributed by atoms with Crippen molar-refractivity contribution in [3.05, 3.63) is 35.9 Å². The van der Waals surface area contributed by atoms with Crippen molar-refractivity contribution in [3.8, 4) is 11.5 Å². The molecule has 0 aromatic heterocycles. The van der Waals surface area contributed by atoms with Crippen LogP contribution >= 0.6 is 0 Å². The highest BCUT2D eigenvalue weighted by atomic mass is 19.3. The van der Waals surface area contributed by atoms with Crippen molar-refractivity contribution in [3.63, 3.8) is 0 Å². The van der Waals surface area contributed by atoms with Crippen molar-refractivity contribution in [1.82, 2.24) is 15.5 Å². The smallest absolute Gasteiger partial charge is 0.387 e. The number of amides is 1. The number of nitrogens with one attached hydrogen (secondary N) is 2. The van der Waals surface area contributed by atoms with Gasteiger partial charge in [-0.3, -0.25) is 4.79 Å². The molecular formula is C18H26F2N4O3. The molecule has 0 spiro atoms. The molecule has 0 heterocycles. The van der Waals surface area contributed by atoms with Crippen LogP contribution in [0.25, 0.3) is 0 Å². The van der Waals surface area contributed by atoms with E-state index >= 15 is 0 Å². The number of carbonyl (C=O) groups excluding carboxylic acids is 1. The first-order valence-electron chi connectivity index (χ1n) is 8.21. The van der Waals surface area contributed by atoms with E-state index in [0.717, 1.165) is 5.57 Å². The van der Waals surface area contributed by atoms with Gasteiger partial charge in [-0.25, -0.2) is 4.99 Å². The summed E-state index contributed by atoms with van der Waals surface area (Å²) in [6.07, 6.45) is 0. The number of carbonyl (C=O) groups is 1. The molecule has 0 aliphatic carbocycles. The zero-order chi connectivity index (χ0) is 20.4. The largest absolute Gasteiger partial charge is 0.497 e. The Hall–Kier alpha value is -2.84. The average Bonchev–Trinajstić information content (AvgIpc) is 2.60. The minimum atomic E-state index is -2.95. The van der Waals surface area contributed by atoms with Gasteiger partial charge >= 0.3 is 6.61 Å². The van der Waals surface area contributed by atoms with E-state index in [-0.39, 0.29) is 24.7 Å². The number of likely N-dealkylation sites (N-methyl/N-ethyl adjacent to an activating group) is 1. The maximum atomic E-state index is 12.6. The van der Waals surface area contributed by atoms with E-state index in [2.05, 4.69) is 26.9 Å². The van der Waals surface area contributed by atoms with Crippen LogP contribution in [0.1, 0.15) is 12.5 Å². The number of guanidine groups is 1. The number of benzene rings is 1. The second-order valence-electron chi connectivity index (χ2n) is 5.97. The van der Waals surface area contributed by atoms with Gasteiger partial charge in [0.05, 0.1) is 20.2 Å². The third-order valence-electron chi connectivity index (χ3n) is 3.35. The summed E-state index contributed by atoms with van der Waals surface area (Å²) in [6.45, 7) is 3.21. The molecule has 0 fully saturated rings. The zero-order valence-electron chi connectivity index (χ0n) is 16.0. The highest BCUT2D eigenvalue weighted by Crippen LogP contribution is 2.26. The summed E-state index contributed by atoms with van der Waals surface area (Å²) >= 11 is 0. The van der Waals surface area contributed by atoms with Crippen LogP contribution < -0.4 is 20.1 Å². The topological polar surface area (TPSA) is 75.2 Å². The van der Waals surface area contributed by atoms with Gasteiger partial charge in [0.25, 0.3) is 0 Å². The lowest BCUT2D eigenvalue weighted by Crippen LogP contribution is -2.43. The lowest BCUT2D eigenvalue weighted by molar-refractivity contribution is -0.127. The Bertz CT molecular complexity index is 679. The fraction of sp³-hybridized carbons (Fsp3) is 0.444. The monoisotopic (exact) mass is 384 g/mol. The van der Waals surface area contributed by atoms with Gasteiger partial charge in [-0.05, 0) is 25.1 Å². The SMILES string of the molecule is C=C(C)CNC(=NCc1cc(OC)ccc1OC(F)F)NCC(=O)N(C)C. The fourth-order valence-electron chi connectivity index (χ4n) is 1.91. The Kier molecular flexibility index (Phi) is 9.04. The summed E-state index contributed by atoms with van der Waals surface area (Å²) in [6, 6.07) is 4.50. The number of halogens is 2. The summed E-state index contributed by atoms with van der Waals surface area (Å²) in [5.41, 5.74) is 1.29. The maximum absolute atomic E-state index is 12.6. The molecule has 7 nitrogen and oxygen atoms in total. The van der Waals surface area contributed by atoms with Crippen molar-refractivity contribution >= 4 is 11.9 Å². The third kappa shape index (κ3) is 8.39. The molecule has 1 aromatic carbocycles. The molecule has 2 N–H and O–H groups in total. The van der Waals surface area contributed by atoms with Gasteiger partial charge < -0.3 is 25.0 Å². The molecule has 1 rings (SSSR count). The molecule has 1 aromatic rings. The van der Waals surface area contributed by atoms with Crippen LogP contribution in [0.5, 0.6) is 11.5 Å². The number of rotatable bonds is 9. The zero-order valence-corrected chi connectivity index (χ0v) is 16.0. The van der Waals surface area contributed by atoms with Crippen LogP contribution in [0.15, 0.2) is 35.3 Å². The Morgan fingerprint density at radius 2 is 1.96 bits per heavy atom. The van der Waals surface area contributed by atoms with E-state index in [0.29, 0.717) is 23.8 Å². The number of hydrogen-bond donors (Lipinski definition) is 2. The van der Waals surface area contributed by atoms with Crippen LogP contribution in [-0.2, 0) is 11.3 Å². The van der Waals surface area contributed by atoms with Crippen molar-refractivity contribution in [2.75, 3.05) is 34.3 Å². The number of hydrogen-bond acceptors (Lipinski definition) is 4. The predicted octanol–water partition coefficient (Wildman–Crippen LogP) is 2.00. The summed E-state index contributed by atoms with van der Waals surface area (Å²) in [5.74, 6) is 0.717. The predicted molar refractivity (Wildman–Crippen MR) is 100 cm³/mol. The van der Waals surface area contributed by atoms with Gasteiger partial charge in [0.2, 0.25) is 5.91 Å². The number of alkyl halides is 2. The second kappa shape index (κ2) is 11.0. The van der Waals surface area contributed by atoms with Gasteiger partial charge in [0, 0.05) is 26.2 Å². The second-order valence-corrected chi connectivity index (χ2v) is 5.97. The minimum absolute atomic E-state index is 0.0122. The Morgan fingerprint density at radius 1 is 1.30 bits per heavy atom. The first kappa shape index (κ1) is 22.2. The highest BCUT2D eigenvalue weighted by Gasteiger charge is 2.12. The average molecular weight is 384 g/mol. The molecule has 1 amide bonds. The standard InChI is InChI=1S/C18H26F2N4O3/c1-12(2)9-21-18(23-11-16(25)24(3)4)22-10-13-8-14(26-5)6-7-15(13)27-17(19)20/h6-8,17H,1,9-11H2,2-5H3,(H2,21,22,23). The van der Waals surface area contributed by atoms with Crippen molar-refractivity contribution in [1.29, 1.82) is 0 Å². The lowest BCUT2D eigenvalue weighted by atomic mass is 10.2. The first-order valence-corrected chi connectivity index (χ1v) is 8.21.